The molecule has 0 bridgehead atoms. The van der Waals surface area contributed by atoms with Crippen LogP contribution in [0.25, 0.3) is 5.69 Å². The van der Waals surface area contributed by atoms with Crippen LogP contribution in [0.15, 0.2) is 91.3 Å². The van der Waals surface area contributed by atoms with Crippen LogP contribution in [0.2, 0.25) is 0 Å². The second-order valence-corrected chi connectivity index (χ2v) is 8.27. The van der Waals surface area contributed by atoms with Gasteiger partial charge in [0.2, 0.25) is 0 Å². The first-order chi connectivity index (χ1) is 16.1. The molecule has 0 spiro atoms. The van der Waals surface area contributed by atoms with Gasteiger partial charge in [0.1, 0.15) is 11.6 Å². The van der Waals surface area contributed by atoms with Crippen molar-refractivity contribution in [2.75, 3.05) is 7.11 Å². The monoisotopic (exact) mass is 458 g/mol. The van der Waals surface area contributed by atoms with Crippen LogP contribution >= 0.6 is 12.2 Å². The van der Waals surface area contributed by atoms with Gasteiger partial charge in [-0.25, -0.2) is 4.39 Å². The molecule has 0 aliphatic carbocycles. The molecule has 4 aromatic rings. The zero-order chi connectivity index (χ0) is 22.8. The van der Waals surface area contributed by atoms with Crippen molar-refractivity contribution < 1.29 is 9.13 Å². The first-order valence-electron chi connectivity index (χ1n) is 10.7. The summed E-state index contributed by atoms with van der Waals surface area (Å²) >= 11 is 5.79. The van der Waals surface area contributed by atoms with Crippen LogP contribution in [0.4, 0.5) is 4.39 Å². The Morgan fingerprint density at radius 2 is 1.88 bits per heavy atom. The molecule has 1 N–H and O–H groups in total. The third-order valence-corrected chi connectivity index (χ3v) is 6.23. The molecule has 2 aromatic carbocycles. The maximum Gasteiger partial charge on any atom is 0.170 e. The van der Waals surface area contributed by atoms with E-state index in [4.69, 9.17) is 17.0 Å². The minimum Gasteiger partial charge on any atom is -0.497 e. The topological polar surface area (TPSA) is 42.3 Å². The Labute approximate surface area is 197 Å². The molecule has 5 rings (SSSR count). The van der Waals surface area contributed by atoms with Crippen LogP contribution < -0.4 is 10.1 Å². The number of nitrogens with zero attached hydrogens (tertiary/aromatic N) is 3. The number of ether oxygens (including phenoxy) is 1. The number of pyridine rings is 1. The zero-order valence-electron chi connectivity index (χ0n) is 18.1. The Morgan fingerprint density at radius 3 is 2.61 bits per heavy atom. The smallest absolute Gasteiger partial charge is 0.170 e. The van der Waals surface area contributed by atoms with Crippen LogP contribution in [0.3, 0.4) is 0 Å². The summed E-state index contributed by atoms with van der Waals surface area (Å²) in [6.45, 7) is 0.609. The number of aromatic nitrogens is 2. The molecular formula is C26H23FN4OS. The van der Waals surface area contributed by atoms with Gasteiger partial charge in [0.15, 0.2) is 5.11 Å². The number of hydrogen-bond acceptors (Lipinski definition) is 3. The summed E-state index contributed by atoms with van der Waals surface area (Å²) in [4.78, 5) is 6.77. The molecule has 2 aromatic heterocycles. The van der Waals surface area contributed by atoms with E-state index in [0.717, 1.165) is 28.4 Å². The summed E-state index contributed by atoms with van der Waals surface area (Å²) < 4.78 is 21.3. The molecule has 0 radical (unpaired) electrons. The number of methoxy groups -OCH3 is 1. The SMILES string of the molecule is COc1ccc(CN2C(=S)N[C@H](c3ccccn3)[C@@H]2c2cccn2-c2cccc(F)c2)cc1. The van der Waals surface area contributed by atoms with Crippen molar-refractivity contribution in [3.05, 3.63) is 114 Å². The highest BCUT2D eigenvalue weighted by molar-refractivity contribution is 7.80. The van der Waals surface area contributed by atoms with Gasteiger partial charge in [-0.15, -0.1) is 0 Å². The van der Waals surface area contributed by atoms with E-state index >= 15 is 0 Å². The van der Waals surface area contributed by atoms with Gasteiger partial charge in [-0.1, -0.05) is 24.3 Å². The second kappa shape index (κ2) is 9.03. The van der Waals surface area contributed by atoms with E-state index < -0.39 is 0 Å². The quantitative estimate of drug-likeness (QED) is 0.403. The maximum atomic E-state index is 14.0. The van der Waals surface area contributed by atoms with E-state index in [-0.39, 0.29) is 17.9 Å². The average molecular weight is 459 g/mol. The molecule has 7 heteroatoms. The standard InChI is InChI=1S/C26H23FN4OS/c1-32-21-12-10-18(11-13-21)17-31-25(24(29-26(31)33)22-8-2-3-14-28-22)23-9-5-15-30(23)20-7-4-6-19(27)16-20/h2-16,24-25H,17H2,1H3,(H,29,33)/t24-,25+/m1/s1. The number of benzene rings is 2. The fourth-order valence-corrected chi connectivity index (χ4v) is 4.63. The lowest BCUT2D eigenvalue weighted by molar-refractivity contribution is 0.302. The Balaban J connectivity index is 1.58. The molecular weight excluding hydrogens is 435 g/mol. The molecule has 5 nitrogen and oxygen atoms in total. The maximum absolute atomic E-state index is 14.0. The van der Waals surface area contributed by atoms with Crippen LogP contribution in [0, 0.1) is 5.82 Å². The van der Waals surface area contributed by atoms with Gasteiger partial charge in [-0.3, -0.25) is 4.98 Å². The van der Waals surface area contributed by atoms with Crippen molar-refractivity contribution >= 4 is 17.3 Å². The number of hydrogen-bond donors (Lipinski definition) is 1. The molecule has 2 atom stereocenters. The van der Waals surface area contributed by atoms with Crippen LogP contribution in [0.5, 0.6) is 5.75 Å². The first kappa shape index (κ1) is 21.2. The average Bonchev–Trinajstić information content (AvgIpc) is 3.45. The predicted molar refractivity (Wildman–Crippen MR) is 130 cm³/mol. The van der Waals surface area contributed by atoms with Crippen molar-refractivity contribution in [2.45, 2.75) is 18.6 Å². The summed E-state index contributed by atoms with van der Waals surface area (Å²) in [5, 5.41) is 4.13. The molecule has 33 heavy (non-hydrogen) atoms. The van der Waals surface area contributed by atoms with E-state index in [0.29, 0.717) is 11.7 Å². The molecule has 1 aliphatic rings. The molecule has 1 fully saturated rings. The third-order valence-electron chi connectivity index (χ3n) is 5.88. The van der Waals surface area contributed by atoms with Crippen LogP contribution in [-0.4, -0.2) is 26.7 Å². The Kier molecular flexibility index (Phi) is 5.79. The molecule has 0 unspecified atom stereocenters. The lowest BCUT2D eigenvalue weighted by atomic mass is 10.0. The Morgan fingerprint density at radius 1 is 1.03 bits per heavy atom. The number of thiocarbonyl (C=S) groups is 1. The number of halogens is 1. The minimum atomic E-state index is -0.274. The molecule has 166 valence electrons. The first-order valence-corrected chi connectivity index (χ1v) is 11.1. The van der Waals surface area contributed by atoms with Crippen LogP contribution in [0.1, 0.15) is 29.0 Å². The number of rotatable bonds is 6. The van der Waals surface area contributed by atoms with E-state index in [1.165, 1.54) is 12.1 Å². The highest BCUT2D eigenvalue weighted by Gasteiger charge is 2.41. The summed E-state index contributed by atoms with van der Waals surface area (Å²) in [6, 6.07) is 24.2. The van der Waals surface area contributed by atoms with Gasteiger partial charge in [0.25, 0.3) is 0 Å². The Bertz CT molecular complexity index is 1260. The van der Waals surface area contributed by atoms with Crippen molar-refractivity contribution in [2.24, 2.45) is 0 Å². The number of nitrogens with one attached hydrogen (secondary N) is 1. The molecule has 1 saturated heterocycles. The summed E-state index contributed by atoms with van der Waals surface area (Å²) in [7, 11) is 1.66. The largest absolute Gasteiger partial charge is 0.497 e. The van der Waals surface area contributed by atoms with E-state index in [9.17, 15) is 4.39 Å². The van der Waals surface area contributed by atoms with E-state index in [1.54, 1.807) is 19.4 Å². The third kappa shape index (κ3) is 4.19. The van der Waals surface area contributed by atoms with Gasteiger partial charge >= 0.3 is 0 Å². The van der Waals surface area contributed by atoms with E-state index in [2.05, 4.69) is 21.3 Å². The predicted octanol–water partition coefficient (Wildman–Crippen LogP) is 5.19. The van der Waals surface area contributed by atoms with Crippen molar-refractivity contribution in [3.8, 4) is 11.4 Å². The van der Waals surface area contributed by atoms with Gasteiger partial charge in [-0.05, 0) is 72.4 Å². The lowest BCUT2D eigenvalue weighted by Gasteiger charge is -2.29. The van der Waals surface area contributed by atoms with Crippen molar-refractivity contribution in [1.82, 2.24) is 19.8 Å². The summed E-state index contributed by atoms with van der Waals surface area (Å²) in [5.74, 6) is 0.535. The normalized spacial score (nSPS) is 17.8. The highest BCUT2D eigenvalue weighted by Crippen LogP contribution is 2.40. The molecule has 3 heterocycles. The fraction of sp³-hybridized carbons (Fsp3) is 0.154. The van der Waals surface area contributed by atoms with Crippen molar-refractivity contribution in [3.63, 3.8) is 0 Å². The second-order valence-electron chi connectivity index (χ2n) is 7.89. The summed E-state index contributed by atoms with van der Waals surface area (Å²) in [5.41, 5.74) is 3.76. The van der Waals surface area contributed by atoms with Crippen molar-refractivity contribution in [1.29, 1.82) is 0 Å². The summed E-state index contributed by atoms with van der Waals surface area (Å²) in [6.07, 6.45) is 3.74. The molecule has 0 saturated carbocycles. The van der Waals surface area contributed by atoms with Gasteiger partial charge < -0.3 is 19.5 Å². The minimum absolute atomic E-state index is 0.146. The van der Waals surface area contributed by atoms with E-state index in [1.807, 2.05) is 65.4 Å². The van der Waals surface area contributed by atoms with Gasteiger partial charge in [-0.2, -0.15) is 0 Å². The molecule has 0 amide bonds. The highest BCUT2D eigenvalue weighted by atomic mass is 32.1. The van der Waals surface area contributed by atoms with Crippen LogP contribution in [-0.2, 0) is 6.54 Å². The lowest BCUT2D eigenvalue weighted by Crippen LogP contribution is -2.30. The van der Waals surface area contributed by atoms with Gasteiger partial charge in [0, 0.05) is 30.3 Å². The molecule has 1 aliphatic heterocycles. The van der Waals surface area contributed by atoms with Gasteiger partial charge in [0.05, 0.1) is 24.9 Å². The fourth-order valence-electron chi connectivity index (χ4n) is 4.32. The Hall–Kier alpha value is -3.71. The zero-order valence-corrected chi connectivity index (χ0v) is 18.9.